The Bertz CT molecular complexity index is 1320. The van der Waals surface area contributed by atoms with Crippen LogP contribution in [0.3, 0.4) is 0 Å². The van der Waals surface area contributed by atoms with Crippen LogP contribution in [0.1, 0.15) is 22.3 Å². The normalized spacial score (nSPS) is 12.5. The molecule has 0 spiro atoms. The summed E-state index contributed by atoms with van der Waals surface area (Å²) in [4.78, 5) is 3.42. The topological polar surface area (TPSA) is 78.5 Å². The van der Waals surface area contributed by atoms with Crippen LogP contribution < -0.4 is 15.4 Å². The highest BCUT2D eigenvalue weighted by atomic mass is 16.5. The first-order valence-electron chi connectivity index (χ1n) is 13.4. The van der Waals surface area contributed by atoms with Gasteiger partial charge < -0.3 is 25.5 Å². The first-order valence-corrected chi connectivity index (χ1v) is 13.4. The molecule has 0 unspecified atom stereocenters. The zero-order valence-electron chi connectivity index (χ0n) is 21.9. The third-order valence-electron chi connectivity index (χ3n) is 7.24. The van der Waals surface area contributed by atoms with Crippen molar-refractivity contribution in [3.8, 4) is 5.75 Å². The molecule has 1 heterocycles. The summed E-state index contributed by atoms with van der Waals surface area (Å²) in [5, 5.41) is 15.6. The van der Waals surface area contributed by atoms with Crippen LogP contribution in [-0.2, 0) is 12.0 Å². The van der Waals surface area contributed by atoms with Gasteiger partial charge in [-0.25, -0.2) is 0 Å². The molecular weight excluding hydrogens is 470 g/mol. The summed E-state index contributed by atoms with van der Waals surface area (Å²) >= 11 is 0. The standard InChI is InChI=1S/C33H35N3O2/c1-34-23-29(37)24-38-30-17-18-32-31(21-30)25(22-35-32)19-20-36-33(26-11-5-2-6-12-26,27-13-7-3-8-14-27)28-15-9-4-10-16-28/h2-18,21-22,29,34-37H,19-20,23-24H2,1H3/p+2/t29-/m1/s1. The number of hydrogen-bond donors (Lipinski definition) is 4. The molecule has 5 nitrogen and oxygen atoms in total. The number of nitrogens with two attached hydrogens (primary N) is 2. The summed E-state index contributed by atoms with van der Waals surface area (Å²) < 4.78 is 5.89. The molecule has 0 saturated carbocycles. The van der Waals surface area contributed by atoms with Crippen molar-refractivity contribution in [1.82, 2.24) is 4.98 Å². The Hall–Kier alpha value is -3.90. The van der Waals surface area contributed by atoms with Crippen LogP contribution in [0, 0.1) is 0 Å². The summed E-state index contributed by atoms with van der Waals surface area (Å²) in [5.41, 5.74) is 5.76. The number of aliphatic hydroxyl groups is 1. The van der Waals surface area contributed by atoms with Gasteiger partial charge in [0.25, 0.3) is 0 Å². The minimum Gasteiger partial charge on any atom is -0.491 e. The summed E-state index contributed by atoms with van der Waals surface area (Å²) in [5.74, 6) is 0.782. The zero-order chi connectivity index (χ0) is 26.2. The Kier molecular flexibility index (Phi) is 8.19. The quantitative estimate of drug-likeness (QED) is 0.196. The maximum absolute atomic E-state index is 10.0. The number of hydrogen-bond acceptors (Lipinski definition) is 2. The van der Waals surface area contributed by atoms with Crippen molar-refractivity contribution in [3.63, 3.8) is 0 Å². The first-order chi connectivity index (χ1) is 18.7. The van der Waals surface area contributed by atoms with Crippen LogP contribution in [0.5, 0.6) is 5.75 Å². The Morgan fingerprint density at radius 2 is 1.39 bits per heavy atom. The average Bonchev–Trinajstić information content (AvgIpc) is 3.38. The van der Waals surface area contributed by atoms with Gasteiger partial charge in [0.2, 0.25) is 0 Å². The van der Waals surface area contributed by atoms with E-state index >= 15 is 0 Å². The summed E-state index contributed by atoms with van der Waals surface area (Å²) in [6, 6.07) is 38.5. The van der Waals surface area contributed by atoms with E-state index in [1.54, 1.807) is 0 Å². The van der Waals surface area contributed by atoms with E-state index in [-0.39, 0.29) is 12.1 Å². The average molecular weight is 508 g/mol. The number of quaternary nitrogens is 2. The second kappa shape index (κ2) is 12.1. The lowest BCUT2D eigenvalue weighted by Gasteiger charge is -2.33. The smallest absolute Gasteiger partial charge is 0.173 e. The molecular formula is C33H37N3O2+2. The fraction of sp³-hybridized carbons (Fsp3) is 0.212. The van der Waals surface area contributed by atoms with E-state index in [1.807, 2.05) is 18.4 Å². The Morgan fingerprint density at radius 3 is 1.95 bits per heavy atom. The van der Waals surface area contributed by atoms with Gasteiger partial charge in [-0.3, -0.25) is 0 Å². The van der Waals surface area contributed by atoms with Crippen molar-refractivity contribution in [3.05, 3.63) is 138 Å². The number of ether oxygens (including phenoxy) is 1. The minimum atomic E-state index is -0.488. The highest BCUT2D eigenvalue weighted by molar-refractivity contribution is 5.84. The predicted molar refractivity (Wildman–Crippen MR) is 152 cm³/mol. The van der Waals surface area contributed by atoms with E-state index in [2.05, 4.69) is 120 Å². The molecule has 0 amide bonds. The van der Waals surface area contributed by atoms with Crippen molar-refractivity contribution in [1.29, 1.82) is 0 Å². The van der Waals surface area contributed by atoms with Gasteiger partial charge in [0.05, 0.1) is 13.6 Å². The van der Waals surface area contributed by atoms with Crippen molar-refractivity contribution < 1.29 is 20.5 Å². The van der Waals surface area contributed by atoms with E-state index in [9.17, 15) is 5.11 Å². The number of H-pyrrole nitrogens is 1. The van der Waals surface area contributed by atoms with Crippen LogP contribution in [-0.4, -0.2) is 42.9 Å². The van der Waals surface area contributed by atoms with Crippen molar-refractivity contribution in [2.45, 2.75) is 18.1 Å². The SMILES string of the molecule is C[NH2+]C[C@@H](O)COc1ccc2[nH]cc(CC[NH2+]C(c3ccccc3)(c3ccccc3)c3ccccc3)c2c1. The molecule has 5 heteroatoms. The van der Waals surface area contributed by atoms with Gasteiger partial charge in [0.1, 0.15) is 25.0 Å². The Morgan fingerprint density at radius 1 is 0.816 bits per heavy atom. The number of rotatable bonds is 12. The number of fused-ring (bicyclic) bond motifs is 1. The molecule has 0 radical (unpaired) electrons. The number of likely N-dealkylation sites (N-methyl/N-ethyl adjacent to an activating group) is 1. The molecule has 1 atom stereocenters. The van der Waals surface area contributed by atoms with Gasteiger partial charge in [-0.15, -0.1) is 0 Å². The summed E-state index contributed by atoms with van der Waals surface area (Å²) in [7, 11) is 1.94. The van der Waals surface area contributed by atoms with Crippen LogP contribution >= 0.6 is 0 Å². The monoisotopic (exact) mass is 507 g/mol. The largest absolute Gasteiger partial charge is 0.491 e. The third kappa shape index (κ3) is 5.50. The highest BCUT2D eigenvalue weighted by Crippen LogP contribution is 2.33. The fourth-order valence-electron chi connectivity index (χ4n) is 5.39. The molecule has 5 rings (SSSR count). The molecule has 38 heavy (non-hydrogen) atoms. The molecule has 0 aliphatic carbocycles. The van der Waals surface area contributed by atoms with Gasteiger partial charge in [-0.2, -0.15) is 0 Å². The number of nitrogens with one attached hydrogen (secondary N) is 1. The fourth-order valence-corrected chi connectivity index (χ4v) is 5.39. The highest BCUT2D eigenvalue weighted by Gasteiger charge is 2.39. The molecule has 0 bridgehead atoms. The number of aliphatic hydroxyl groups excluding tert-OH is 1. The van der Waals surface area contributed by atoms with Gasteiger partial charge in [0, 0.05) is 40.2 Å². The Balaban J connectivity index is 1.43. The van der Waals surface area contributed by atoms with Crippen LogP contribution in [0.2, 0.25) is 0 Å². The lowest BCUT2D eigenvalue weighted by Crippen LogP contribution is -2.96. The van der Waals surface area contributed by atoms with Crippen molar-refractivity contribution >= 4 is 10.9 Å². The third-order valence-corrected chi connectivity index (χ3v) is 7.24. The second-order valence-corrected chi connectivity index (χ2v) is 9.78. The van der Waals surface area contributed by atoms with E-state index in [0.29, 0.717) is 6.54 Å². The van der Waals surface area contributed by atoms with Gasteiger partial charge in [-0.05, 0) is 23.8 Å². The molecule has 6 N–H and O–H groups in total. The molecule has 1 aromatic heterocycles. The molecule has 0 saturated heterocycles. The van der Waals surface area contributed by atoms with E-state index in [0.717, 1.165) is 29.6 Å². The number of aromatic amines is 1. The van der Waals surface area contributed by atoms with Crippen LogP contribution in [0.25, 0.3) is 10.9 Å². The van der Waals surface area contributed by atoms with E-state index < -0.39 is 6.10 Å². The van der Waals surface area contributed by atoms with E-state index in [1.165, 1.54) is 22.3 Å². The molecule has 0 fully saturated rings. The summed E-state index contributed by atoms with van der Waals surface area (Å²) in [6.45, 7) is 1.80. The van der Waals surface area contributed by atoms with E-state index in [4.69, 9.17) is 4.74 Å². The first kappa shape index (κ1) is 25.7. The van der Waals surface area contributed by atoms with Crippen molar-refractivity contribution in [2.75, 3.05) is 26.7 Å². The van der Waals surface area contributed by atoms with Crippen LogP contribution in [0.4, 0.5) is 0 Å². The van der Waals surface area contributed by atoms with Gasteiger partial charge >= 0.3 is 0 Å². The minimum absolute atomic E-state index is 0.289. The molecule has 0 aliphatic rings. The molecule has 194 valence electrons. The molecule has 5 aromatic rings. The summed E-state index contributed by atoms with van der Waals surface area (Å²) in [6.07, 6.45) is 2.52. The number of aromatic nitrogens is 1. The Labute approximate surface area is 224 Å². The van der Waals surface area contributed by atoms with Gasteiger partial charge in [-0.1, -0.05) is 91.0 Å². The molecule has 0 aliphatic heterocycles. The second-order valence-electron chi connectivity index (χ2n) is 9.78. The number of benzene rings is 4. The van der Waals surface area contributed by atoms with Crippen molar-refractivity contribution in [2.24, 2.45) is 0 Å². The maximum atomic E-state index is 10.0. The lowest BCUT2D eigenvalue weighted by molar-refractivity contribution is -0.716. The van der Waals surface area contributed by atoms with Crippen LogP contribution in [0.15, 0.2) is 115 Å². The van der Waals surface area contributed by atoms with Gasteiger partial charge in [0.15, 0.2) is 5.54 Å². The lowest BCUT2D eigenvalue weighted by atomic mass is 9.77. The molecule has 4 aromatic carbocycles. The predicted octanol–water partition coefficient (Wildman–Crippen LogP) is 3.20. The maximum Gasteiger partial charge on any atom is 0.173 e. The zero-order valence-corrected chi connectivity index (χ0v) is 21.9.